The number of carbonyl (C=O) groups is 1. The van der Waals surface area contributed by atoms with E-state index < -0.39 is 0 Å². The lowest BCUT2D eigenvalue weighted by molar-refractivity contribution is 0.0767. The second-order valence-corrected chi connectivity index (χ2v) is 4.57. The number of rotatable bonds is 4. The number of aromatic amines is 1. The fourth-order valence-corrected chi connectivity index (χ4v) is 2.35. The summed E-state index contributed by atoms with van der Waals surface area (Å²) in [6.45, 7) is 5.34. The SMILES string of the molecule is CCN(CC)C(=O)c1cc(-c2cccs2)[nH]n1. The molecule has 0 aliphatic rings. The molecule has 1 N–H and O–H groups in total. The van der Waals surface area contributed by atoms with Gasteiger partial charge in [-0.25, -0.2) is 0 Å². The first-order chi connectivity index (χ1) is 8.26. The van der Waals surface area contributed by atoms with Crippen molar-refractivity contribution < 1.29 is 4.79 Å². The van der Waals surface area contributed by atoms with Gasteiger partial charge in [0.25, 0.3) is 5.91 Å². The van der Waals surface area contributed by atoms with Crippen LogP contribution in [0.25, 0.3) is 10.6 Å². The molecule has 0 aromatic carbocycles. The third-order valence-corrected chi connectivity index (χ3v) is 3.54. The Morgan fingerprint density at radius 1 is 1.47 bits per heavy atom. The Labute approximate surface area is 104 Å². The number of hydrogen-bond donors (Lipinski definition) is 1. The summed E-state index contributed by atoms with van der Waals surface area (Å²) in [6.07, 6.45) is 0. The Hall–Kier alpha value is -1.62. The number of nitrogens with zero attached hydrogens (tertiary/aromatic N) is 2. The minimum atomic E-state index is -0.0194. The van der Waals surface area contributed by atoms with Gasteiger partial charge in [-0.3, -0.25) is 9.89 Å². The number of hydrogen-bond acceptors (Lipinski definition) is 3. The van der Waals surface area contributed by atoms with Crippen LogP contribution in [0, 0.1) is 0 Å². The van der Waals surface area contributed by atoms with Crippen LogP contribution in [0.15, 0.2) is 23.6 Å². The van der Waals surface area contributed by atoms with E-state index in [0.717, 1.165) is 10.6 Å². The molecule has 0 bridgehead atoms. The molecule has 0 radical (unpaired) electrons. The predicted molar refractivity (Wildman–Crippen MR) is 69.2 cm³/mol. The lowest BCUT2D eigenvalue weighted by atomic mass is 10.3. The zero-order valence-electron chi connectivity index (χ0n) is 9.93. The highest BCUT2D eigenvalue weighted by Crippen LogP contribution is 2.23. The highest BCUT2D eigenvalue weighted by molar-refractivity contribution is 7.13. The summed E-state index contributed by atoms with van der Waals surface area (Å²) in [6, 6.07) is 5.79. The molecule has 0 spiro atoms. The van der Waals surface area contributed by atoms with E-state index >= 15 is 0 Å². The van der Waals surface area contributed by atoms with E-state index in [9.17, 15) is 4.79 Å². The lowest BCUT2D eigenvalue weighted by Gasteiger charge is -2.16. The second-order valence-electron chi connectivity index (χ2n) is 3.62. The van der Waals surface area contributed by atoms with Crippen LogP contribution in [0.2, 0.25) is 0 Å². The van der Waals surface area contributed by atoms with Gasteiger partial charge in [-0.05, 0) is 31.4 Å². The lowest BCUT2D eigenvalue weighted by Crippen LogP contribution is -2.30. The third kappa shape index (κ3) is 2.39. The molecule has 2 rings (SSSR count). The molecule has 2 aromatic rings. The summed E-state index contributed by atoms with van der Waals surface area (Å²) in [7, 11) is 0. The summed E-state index contributed by atoms with van der Waals surface area (Å²) in [5.41, 5.74) is 1.38. The van der Waals surface area contributed by atoms with Crippen molar-refractivity contribution in [2.75, 3.05) is 13.1 Å². The molecular weight excluding hydrogens is 234 g/mol. The fourth-order valence-electron chi connectivity index (χ4n) is 1.66. The van der Waals surface area contributed by atoms with Gasteiger partial charge >= 0.3 is 0 Å². The van der Waals surface area contributed by atoms with Gasteiger partial charge in [0.1, 0.15) is 0 Å². The monoisotopic (exact) mass is 249 g/mol. The Kier molecular flexibility index (Phi) is 3.58. The van der Waals surface area contributed by atoms with Crippen molar-refractivity contribution in [3.63, 3.8) is 0 Å². The van der Waals surface area contributed by atoms with Crippen LogP contribution in [0.3, 0.4) is 0 Å². The van der Waals surface area contributed by atoms with E-state index in [1.54, 1.807) is 16.2 Å². The summed E-state index contributed by atoms with van der Waals surface area (Å²) in [4.78, 5) is 14.9. The maximum atomic E-state index is 12.0. The predicted octanol–water partition coefficient (Wildman–Crippen LogP) is 2.62. The van der Waals surface area contributed by atoms with Gasteiger partial charge in [-0.1, -0.05) is 6.07 Å². The number of aromatic nitrogens is 2. The van der Waals surface area contributed by atoms with Crippen molar-refractivity contribution in [1.82, 2.24) is 15.1 Å². The van der Waals surface area contributed by atoms with Crippen molar-refractivity contribution in [3.05, 3.63) is 29.3 Å². The summed E-state index contributed by atoms with van der Waals surface area (Å²) < 4.78 is 0. The molecule has 1 amide bonds. The van der Waals surface area contributed by atoms with Crippen LogP contribution in [0.5, 0.6) is 0 Å². The topological polar surface area (TPSA) is 49.0 Å². The van der Waals surface area contributed by atoms with Gasteiger partial charge in [-0.15, -0.1) is 11.3 Å². The Balaban J connectivity index is 2.21. The average Bonchev–Trinajstić information content (AvgIpc) is 3.01. The second kappa shape index (κ2) is 5.14. The van der Waals surface area contributed by atoms with E-state index in [1.165, 1.54) is 0 Å². The molecule has 0 atom stereocenters. The average molecular weight is 249 g/mol. The molecule has 5 heteroatoms. The highest BCUT2D eigenvalue weighted by atomic mass is 32.1. The molecule has 2 aromatic heterocycles. The van der Waals surface area contributed by atoms with Gasteiger partial charge < -0.3 is 4.90 Å². The normalized spacial score (nSPS) is 10.5. The van der Waals surface area contributed by atoms with Gasteiger partial charge in [0.15, 0.2) is 5.69 Å². The summed E-state index contributed by atoms with van der Waals surface area (Å²) in [5, 5.41) is 8.99. The smallest absolute Gasteiger partial charge is 0.274 e. The first-order valence-corrected chi connectivity index (χ1v) is 6.52. The van der Waals surface area contributed by atoms with Crippen LogP contribution in [-0.4, -0.2) is 34.1 Å². The molecule has 0 unspecified atom stereocenters. The molecule has 4 nitrogen and oxygen atoms in total. The first-order valence-electron chi connectivity index (χ1n) is 5.64. The third-order valence-electron chi connectivity index (χ3n) is 2.63. The van der Waals surface area contributed by atoms with Crippen molar-refractivity contribution in [2.24, 2.45) is 0 Å². The Morgan fingerprint density at radius 3 is 2.82 bits per heavy atom. The van der Waals surface area contributed by atoms with Crippen molar-refractivity contribution in [2.45, 2.75) is 13.8 Å². The van der Waals surface area contributed by atoms with Crippen LogP contribution in [0.4, 0.5) is 0 Å². The van der Waals surface area contributed by atoms with E-state index in [4.69, 9.17) is 0 Å². The number of thiophene rings is 1. The molecular formula is C12H15N3OS. The zero-order chi connectivity index (χ0) is 12.3. The first kappa shape index (κ1) is 11.9. The maximum absolute atomic E-state index is 12.0. The minimum Gasteiger partial charge on any atom is -0.338 e. The van der Waals surface area contributed by atoms with Crippen LogP contribution >= 0.6 is 11.3 Å². The molecule has 0 saturated heterocycles. The van der Waals surface area contributed by atoms with Gasteiger partial charge in [0, 0.05) is 13.1 Å². The summed E-state index contributed by atoms with van der Waals surface area (Å²) in [5.74, 6) is -0.0194. The molecule has 17 heavy (non-hydrogen) atoms. The quantitative estimate of drug-likeness (QED) is 0.905. The van der Waals surface area contributed by atoms with Crippen LogP contribution in [0.1, 0.15) is 24.3 Å². The number of carbonyl (C=O) groups excluding carboxylic acids is 1. The van der Waals surface area contributed by atoms with Crippen LogP contribution < -0.4 is 0 Å². The molecule has 90 valence electrons. The van der Waals surface area contributed by atoms with Crippen molar-refractivity contribution in [3.8, 4) is 10.6 Å². The van der Waals surface area contributed by atoms with E-state index in [1.807, 2.05) is 37.4 Å². The largest absolute Gasteiger partial charge is 0.338 e. The Bertz CT molecular complexity index is 486. The molecule has 0 aliphatic carbocycles. The number of H-pyrrole nitrogens is 1. The molecule has 0 aliphatic heterocycles. The molecule has 2 heterocycles. The molecule has 0 fully saturated rings. The summed E-state index contributed by atoms with van der Waals surface area (Å²) >= 11 is 1.62. The van der Waals surface area contributed by atoms with Gasteiger partial charge in [0.2, 0.25) is 0 Å². The van der Waals surface area contributed by atoms with E-state index in [2.05, 4.69) is 10.2 Å². The van der Waals surface area contributed by atoms with Crippen LogP contribution in [-0.2, 0) is 0 Å². The standard InChI is InChI=1S/C12H15N3OS/c1-3-15(4-2)12(16)10-8-9(13-14-10)11-6-5-7-17-11/h5-8H,3-4H2,1-2H3,(H,13,14). The zero-order valence-corrected chi connectivity index (χ0v) is 10.8. The van der Waals surface area contributed by atoms with Gasteiger partial charge in [0.05, 0.1) is 10.6 Å². The van der Waals surface area contributed by atoms with E-state index in [0.29, 0.717) is 18.8 Å². The highest BCUT2D eigenvalue weighted by Gasteiger charge is 2.16. The minimum absolute atomic E-state index is 0.0194. The number of amides is 1. The van der Waals surface area contributed by atoms with Gasteiger partial charge in [-0.2, -0.15) is 5.10 Å². The number of nitrogens with one attached hydrogen (secondary N) is 1. The van der Waals surface area contributed by atoms with Crippen molar-refractivity contribution in [1.29, 1.82) is 0 Å². The molecule has 0 saturated carbocycles. The van der Waals surface area contributed by atoms with E-state index in [-0.39, 0.29) is 5.91 Å². The Morgan fingerprint density at radius 2 is 2.24 bits per heavy atom. The fraction of sp³-hybridized carbons (Fsp3) is 0.333. The van der Waals surface area contributed by atoms with Crippen molar-refractivity contribution >= 4 is 17.2 Å². The maximum Gasteiger partial charge on any atom is 0.274 e.